The summed E-state index contributed by atoms with van der Waals surface area (Å²) >= 11 is 0. The van der Waals surface area contributed by atoms with E-state index >= 15 is 0 Å². The van der Waals surface area contributed by atoms with E-state index in [-0.39, 0.29) is 6.04 Å². The Kier molecular flexibility index (Phi) is 3.73. The first-order valence-electron chi connectivity index (χ1n) is 6.74. The number of nitrogens with zero attached hydrogens (tertiary/aromatic N) is 2. The van der Waals surface area contributed by atoms with Gasteiger partial charge in [-0.25, -0.2) is 0 Å². The maximum absolute atomic E-state index is 12.5. The minimum absolute atomic E-state index is 0.0535. The number of likely N-dealkylation sites (N-methyl/N-ethyl adjacent to an activating group) is 1. The summed E-state index contributed by atoms with van der Waals surface area (Å²) in [5.41, 5.74) is 0. The summed E-state index contributed by atoms with van der Waals surface area (Å²) in [5.74, 6) is 0.787. The predicted molar refractivity (Wildman–Crippen MR) is 68.8 cm³/mol. The van der Waals surface area contributed by atoms with Crippen LogP contribution in [0.3, 0.4) is 0 Å². The molecule has 1 amide bonds. The highest BCUT2D eigenvalue weighted by Gasteiger charge is 2.36. The van der Waals surface area contributed by atoms with E-state index < -0.39 is 0 Å². The minimum Gasteiger partial charge on any atom is -0.338 e. The van der Waals surface area contributed by atoms with Gasteiger partial charge in [-0.15, -0.1) is 0 Å². The second-order valence-corrected chi connectivity index (χ2v) is 5.80. The van der Waals surface area contributed by atoms with Crippen LogP contribution in [0.5, 0.6) is 0 Å². The van der Waals surface area contributed by atoms with E-state index in [1.54, 1.807) is 0 Å². The number of carbonyl (C=O) groups is 1. The highest BCUT2D eigenvalue weighted by Crippen LogP contribution is 2.20. The van der Waals surface area contributed by atoms with E-state index in [2.05, 4.69) is 42.9 Å². The third kappa shape index (κ3) is 2.47. The fourth-order valence-electron chi connectivity index (χ4n) is 2.95. The van der Waals surface area contributed by atoms with Crippen LogP contribution >= 0.6 is 0 Å². The first-order valence-corrected chi connectivity index (χ1v) is 6.74. The van der Waals surface area contributed by atoms with Gasteiger partial charge in [0.2, 0.25) is 5.91 Å². The summed E-state index contributed by atoms with van der Waals surface area (Å²) in [5, 5.41) is 3.34. The Labute approximate surface area is 104 Å². The largest absolute Gasteiger partial charge is 0.338 e. The van der Waals surface area contributed by atoms with Gasteiger partial charge in [-0.1, -0.05) is 6.92 Å². The van der Waals surface area contributed by atoms with Crippen LogP contribution in [-0.2, 0) is 4.79 Å². The van der Waals surface area contributed by atoms with E-state index in [1.165, 1.54) is 0 Å². The molecule has 0 aromatic heterocycles. The van der Waals surface area contributed by atoms with Gasteiger partial charge >= 0.3 is 0 Å². The molecule has 0 aromatic carbocycles. The minimum atomic E-state index is 0.0535. The van der Waals surface area contributed by atoms with Gasteiger partial charge in [-0.05, 0) is 39.8 Å². The maximum Gasteiger partial charge on any atom is 0.240 e. The molecule has 0 saturated carbocycles. The molecule has 2 aliphatic rings. The van der Waals surface area contributed by atoms with Crippen LogP contribution < -0.4 is 5.32 Å². The SMILES string of the molecule is CC1CCNC1C(=O)N1CC(C)N(C)C(C)C1. The molecule has 17 heavy (non-hydrogen) atoms. The van der Waals surface area contributed by atoms with Crippen LogP contribution in [0.15, 0.2) is 0 Å². The fraction of sp³-hybridized carbons (Fsp3) is 0.923. The van der Waals surface area contributed by atoms with Crippen molar-refractivity contribution in [2.75, 3.05) is 26.7 Å². The van der Waals surface area contributed by atoms with Crippen molar-refractivity contribution in [1.82, 2.24) is 15.1 Å². The van der Waals surface area contributed by atoms with Crippen molar-refractivity contribution in [2.45, 2.75) is 45.3 Å². The standard InChI is InChI=1S/C13H25N3O/c1-9-5-6-14-12(9)13(17)16-7-10(2)15(4)11(3)8-16/h9-12,14H,5-8H2,1-4H3. The molecule has 2 heterocycles. The molecule has 4 unspecified atom stereocenters. The first-order chi connectivity index (χ1) is 8.00. The molecule has 0 aromatic rings. The zero-order chi connectivity index (χ0) is 12.6. The first kappa shape index (κ1) is 12.8. The van der Waals surface area contributed by atoms with Crippen molar-refractivity contribution in [3.8, 4) is 0 Å². The van der Waals surface area contributed by atoms with Crippen molar-refractivity contribution >= 4 is 5.91 Å². The Balaban J connectivity index is 2.00. The molecular formula is C13H25N3O. The number of carbonyl (C=O) groups excluding carboxylic acids is 1. The number of rotatable bonds is 1. The summed E-state index contributed by atoms with van der Waals surface area (Å²) < 4.78 is 0. The average molecular weight is 239 g/mol. The molecule has 2 aliphatic heterocycles. The second-order valence-electron chi connectivity index (χ2n) is 5.80. The Morgan fingerprint density at radius 1 is 1.18 bits per heavy atom. The van der Waals surface area contributed by atoms with Gasteiger partial charge in [0.1, 0.15) is 0 Å². The monoisotopic (exact) mass is 239 g/mol. The van der Waals surface area contributed by atoms with Crippen molar-refractivity contribution in [2.24, 2.45) is 5.92 Å². The lowest BCUT2D eigenvalue weighted by molar-refractivity contribution is -0.137. The molecule has 0 spiro atoms. The van der Waals surface area contributed by atoms with Gasteiger partial charge in [-0.2, -0.15) is 0 Å². The fourth-order valence-corrected chi connectivity index (χ4v) is 2.95. The topological polar surface area (TPSA) is 35.6 Å². The molecule has 4 nitrogen and oxygen atoms in total. The smallest absolute Gasteiger partial charge is 0.240 e. The second kappa shape index (κ2) is 4.94. The maximum atomic E-state index is 12.5. The molecule has 2 saturated heterocycles. The van der Waals surface area contributed by atoms with Crippen LogP contribution in [0.25, 0.3) is 0 Å². The number of nitrogens with one attached hydrogen (secondary N) is 1. The number of amides is 1. The lowest BCUT2D eigenvalue weighted by Crippen LogP contribution is -2.59. The van der Waals surface area contributed by atoms with Gasteiger partial charge in [0, 0.05) is 25.2 Å². The molecular weight excluding hydrogens is 214 g/mol. The number of hydrogen-bond acceptors (Lipinski definition) is 3. The van der Waals surface area contributed by atoms with Crippen LogP contribution in [0.4, 0.5) is 0 Å². The van der Waals surface area contributed by atoms with Crippen LogP contribution in [0, 0.1) is 5.92 Å². The van der Waals surface area contributed by atoms with Crippen LogP contribution in [-0.4, -0.2) is 60.5 Å². The Bertz CT molecular complexity index is 282. The Morgan fingerprint density at radius 2 is 1.76 bits per heavy atom. The molecule has 0 aliphatic carbocycles. The van der Waals surface area contributed by atoms with E-state index in [1.807, 2.05) is 0 Å². The summed E-state index contributed by atoms with van der Waals surface area (Å²) in [7, 11) is 2.15. The number of piperazine rings is 1. The molecule has 4 heteroatoms. The van der Waals surface area contributed by atoms with Crippen LogP contribution in [0.2, 0.25) is 0 Å². The average Bonchev–Trinajstić information content (AvgIpc) is 2.70. The molecule has 0 radical (unpaired) electrons. The van der Waals surface area contributed by atoms with E-state index in [9.17, 15) is 4.79 Å². The van der Waals surface area contributed by atoms with Crippen molar-refractivity contribution in [3.63, 3.8) is 0 Å². The summed E-state index contributed by atoms with van der Waals surface area (Å²) in [6.45, 7) is 9.28. The third-order valence-electron chi connectivity index (χ3n) is 4.47. The van der Waals surface area contributed by atoms with Gasteiger partial charge in [-0.3, -0.25) is 9.69 Å². The normalized spacial score (nSPS) is 39.6. The molecule has 0 bridgehead atoms. The van der Waals surface area contributed by atoms with Crippen molar-refractivity contribution in [3.05, 3.63) is 0 Å². The quantitative estimate of drug-likeness (QED) is 0.725. The summed E-state index contributed by atoms with van der Waals surface area (Å²) in [4.78, 5) is 16.9. The van der Waals surface area contributed by atoms with Gasteiger partial charge in [0.05, 0.1) is 6.04 Å². The molecule has 1 N–H and O–H groups in total. The van der Waals surface area contributed by atoms with Gasteiger partial charge in [0.15, 0.2) is 0 Å². The van der Waals surface area contributed by atoms with Crippen LogP contribution in [0.1, 0.15) is 27.2 Å². The van der Waals surface area contributed by atoms with Crippen molar-refractivity contribution in [1.29, 1.82) is 0 Å². The van der Waals surface area contributed by atoms with E-state index in [4.69, 9.17) is 0 Å². The van der Waals surface area contributed by atoms with Gasteiger partial charge < -0.3 is 10.2 Å². The third-order valence-corrected chi connectivity index (χ3v) is 4.47. The van der Waals surface area contributed by atoms with E-state index in [0.29, 0.717) is 23.9 Å². The zero-order valence-corrected chi connectivity index (χ0v) is 11.4. The molecule has 98 valence electrons. The zero-order valence-electron chi connectivity index (χ0n) is 11.4. The highest BCUT2D eigenvalue weighted by atomic mass is 16.2. The lowest BCUT2D eigenvalue weighted by atomic mass is 10.0. The summed E-state index contributed by atoms with van der Waals surface area (Å²) in [6, 6.07) is 0.969. The highest BCUT2D eigenvalue weighted by molar-refractivity contribution is 5.82. The number of hydrogen-bond donors (Lipinski definition) is 1. The summed E-state index contributed by atoms with van der Waals surface area (Å²) in [6.07, 6.45) is 1.12. The molecule has 4 atom stereocenters. The van der Waals surface area contributed by atoms with Gasteiger partial charge in [0.25, 0.3) is 0 Å². The van der Waals surface area contributed by atoms with E-state index in [0.717, 1.165) is 26.1 Å². The molecule has 2 rings (SSSR count). The Hall–Kier alpha value is -0.610. The predicted octanol–water partition coefficient (Wildman–Crippen LogP) is 0.535. The molecule has 2 fully saturated rings. The van der Waals surface area contributed by atoms with Crippen molar-refractivity contribution < 1.29 is 4.79 Å². The Morgan fingerprint density at radius 3 is 2.24 bits per heavy atom. The lowest BCUT2D eigenvalue weighted by Gasteiger charge is -2.43.